The van der Waals surface area contributed by atoms with Crippen molar-refractivity contribution in [2.24, 2.45) is 0 Å². The molecule has 0 atom stereocenters. The third kappa shape index (κ3) is 0.975. The van der Waals surface area contributed by atoms with Crippen molar-refractivity contribution in [3.63, 3.8) is 0 Å². The lowest BCUT2D eigenvalue weighted by molar-refractivity contribution is 0.578. The summed E-state index contributed by atoms with van der Waals surface area (Å²) in [6.45, 7) is 3.30. The van der Waals surface area contributed by atoms with Gasteiger partial charge in [0.1, 0.15) is 5.69 Å². The average molecular weight is 166 g/mol. The van der Waals surface area contributed by atoms with Gasteiger partial charge >= 0.3 is 0 Å². The first-order valence-electron chi connectivity index (χ1n) is 3.97. The lowest BCUT2D eigenvalue weighted by Gasteiger charge is -2.17. The Hall–Kier alpha value is -1.39. The summed E-state index contributed by atoms with van der Waals surface area (Å²) in [7, 11) is 0. The second-order valence-corrected chi connectivity index (χ2v) is 2.85. The molecule has 0 aliphatic carbocycles. The summed E-state index contributed by atoms with van der Waals surface area (Å²) in [5.74, 6) is 0.594. The van der Waals surface area contributed by atoms with Crippen molar-refractivity contribution in [1.29, 1.82) is 0 Å². The molecule has 0 fully saturated rings. The summed E-state index contributed by atoms with van der Waals surface area (Å²) in [5, 5.41) is 10.6. The number of aromatic nitrogens is 3. The lowest BCUT2D eigenvalue weighted by atomic mass is 10.3. The van der Waals surface area contributed by atoms with Crippen LogP contribution in [-0.4, -0.2) is 21.3 Å². The maximum Gasteiger partial charge on any atom is 0.276 e. The monoisotopic (exact) mass is 166 g/mol. The van der Waals surface area contributed by atoms with E-state index < -0.39 is 0 Å². The predicted octanol–water partition coefficient (Wildman–Crippen LogP) is -0.238. The largest absolute Gasteiger partial charge is 0.354 e. The first-order valence-corrected chi connectivity index (χ1v) is 3.97. The maximum absolute atomic E-state index is 11.4. The Bertz CT molecular complexity index is 357. The minimum atomic E-state index is -0.0350. The third-order valence-electron chi connectivity index (χ3n) is 1.95. The molecule has 1 N–H and O–H groups in total. The highest BCUT2D eigenvalue weighted by Gasteiger charge is 2.11. The predicted molar refractivity (Wildman–Crippen MR) is 44.1 cm³/mol. The number of hydrogen-bond acceptors (Lipinski definition) is 4. The quantitative estimate of drug-likeness (QED) is 0.578. The summed E-state index contributed by atoms with van der Waals surface area (Å²) in [6, 6.07) is 0. The highest BCUT2D eigenvalue weighted by atomic mass is 16.1. The topological polar surface area (TPSA) is 59.8 Å². The maximum atomic E-state index is 11.4. The van der Waals surface area contributed by atoms with E-state index in [-0.39, 0.29) is 5.56 Å². The number of fused-ring (bicyclic) bond motifs is 1. The summed E-state index contributed by atoms with van der Waals surface area (Å²) in [5.41, 5.74) is 0.426. The van der Waals surface area contributed by atoms with Gasteiger partial charge in [-0.2, -0.15) is 0 Å². The second-order valence-electron chi connectivity index (χ2n) is 2.85. The van der Waals surface area contributed by atoms with Crippen LogP contribution in [0.25, 0.3) is 0 Å². The number of anilines is 1. The van der Waals surface area contributed by atoms with Crippen molar-refractivity contribution in [2.75, 3.05) is 11.9 Å². The standard InChI is InChI=1S/C7H10N4O/c1-5-6(12)11-4-2-3-8-7(11)10-9-5/h2-4H2,1H3,(H,8,10). The van der Waals surface area contributed by atoms with Gasteiger partial charge in [-0.25, -0.2) is 0 Å². The Morgan fingerprint density at radius 3 is 3.17 bits per heavy atom. The Morgan fingerprint density at radius 2 is 2.33 bits per heavy atom. The van der Waals surface area contributed by atoms with Crippen LogP contribution in [0.15, 0.2) is 4.79 Å². The highest BCUT2D eigenvalue weighted by Crippen LogP contribution is 2.05. The van der Waals surface area contributed by atoms with Gasteiger partial charge in [-0.05, 0) is 13.3 Å². The molecule has 5 nitrogen and oxygen atoms in total. The smallest absolute Gasteiger partial charge is 0.276 e. The van der Waals surface area contributed by atoms with Crippen LogP contribution >= 0.6 is 0 Å². The van der Waals surface area contributed by atoms with Gasteiger partial charge in [0.2, 0.25) is 5.95 Å². The minimum absolute atomic E-state index is 0.0350. The molecule has 2 heterocycles. The molecule has 64 valence electrons. The van der Waals surface area contributed by atoms with Crippen LogP contribution in [0.4, 0.5) is 5.95 Å². The van der Waals surface area contributed by atoms with Crippen molar-refractivity contribution in [3.05, 3.63) is 16.0 Å². The average Bonchev–Trinajstić information content (AvgIpc) is 2.12. The molecule has 0 spiro atoms. The second kappa shape index (κ2) is 2.58. The van der Waals surface area contributed by atoms with Gasteiger partial charge in [0.15, 0.2) is 0 Å². The fraction of sp³-hybridized carbons (Fsp3) is 0.571. The molecule has 0 amide bonds. The molecule has 0 radical (unpaired) electrons. The molecule has 12 heavy (non-hydrogen) atoms. The van der Waals surface area contributed by atoms with Crippen molar-refractivity contribution in [1.82, 2.24) is 14.8 Å². The van der Waals surface area contributed by atoms with E-state index in [0.717, 1.165) is 19.5 Å². The number of hydrogen-bond donors (Lipinski definition) is 1. The molecule has 1 aromatic rings. The van der Waals surface area contributed by atoms with Crippen LogP contribution in [0.1, 0.15) is 12.1 Å². The van der Waals surface area contributed by atoms with Crippen molar-refractivity contribution in [3.8, 4) is 0 Å². The van der Waals surface area contributed by atoms with Crippen molar-refractivity contribution < 1.29 is 0 Å². The van der Waals surface area contributed by atoms with Gasteiger partial charge in [-0.3, -0.25) is 9.36 Å². The Labute approximate surface area is 69.4 Å². The van der Waals surface area contributed by atoms with E-state index in [2.05, 4.69) is 15.5 Å². The molecule has 0 bridgehead atoms. The first-order chi connectivity index (χ1) is 5.79. The number of rotatable bonds is 0. The summed E-state index contributed by atoms with van der Waals surface area (Å²) < 4.78 is 1.63. The molecule has 1 aliphatic rings. The van der Waals surface area contributed by atoms with Crippen LogP contribution in [0, 0.1) is 6.92 Å². The zero-order valence-corrected chi connectivity index (χ0v) is 6.87. The van der Waals surface area contributed by atoms with E-state index in [1.165, 1.54) is 0 Å². The van der Waals surface area contributed by atoms with E-state index in [0.29, 0.717) is 11.6 Å². The highest BCUT2D eigenvalue weighted by molar-refractivity contribution is 5.25. The molecular formula is C7H10N4O. The number of aryl methyl sites for hydroxylation is 1. The number of nitrogens with zero attached hydrogens (tertiary/aromatic N) is 3. The van der Waals surface area contributed by atoms with Crippen LogP contribution in [0.5, 0.6) is 0 Å². The van der Waals surface area contributed by atoms with E-state index in [4.69, 9.17) is 0 Å². The Balaban J connectivity index is 2.62. The van der Waals surface area contributed by atoms with Gasteiger partial charge in [0, 0.05) is 13.1 Å². The molecule has 5 heteroatoms. The van der Waals surface area contributed by atoms with Gasteiger partial charge in [0.25, 0.3) is 5.56 Å². The molecule has 0 unspecified atom stereocenters. The molecular weight excluding hydrogens is 156 g/mol. The normalized spacial score (nSPS) is 15.1. The zero-order valence-electron chi connectivity index (χ0n) is 6.87. The molecule has 0 aromatic carbocycles. The fourth-order valence-corrected chi connectivity index (χ4v) is 1.29. The Morgan fingerprint density at radius 1 is 1.50 bits per heavy atom. The number of nitrogens with one attached hydrogen (secondary N) is 1. The van der Waals surface area contributed by atoms with Crippen LogP contribution in [0.3, 0.4) is 0 Å². The van der Waals surface area contributed by atoms with E-state index in [1.807, 2.05) is 0 Å². The van der Waals surface area contributed by atoms with E-state index in [1.54, 1.807) is 11.5 Å². The minimum Gasteiger partial charge on any atom is -0.354 e. The summed E-state index contributed by atoms with van der Waals surface area (Å²) in [4.78, 5) is 11.4. The van der Waals surface area contributed by atoms with E-state index >= 15 is 0 Å². The first kappa shape index (κ1) is 7.27. The molecule has 1 aliphatic heterocycles. The molecule has 0 saturated carbocycles. The Kier molecular flexibility index (Phi) is 1.56. The van der Waals surface area contributed by atoms with Gasteiger partial charge in [-0.15, -0.1) is 10.2 Å². The SMILES string of the molecule is Cc1nnc2n(c1=O)CCCN2. The van der Waals surface area contributed by atoms with E-state index in [9.17, 15) is 4.79 Å². The molecule has 2 rings (SSSR count). The molecule has 1 aromatic heterocycles. The summed E-state index contributed by atoms with van der Waals surface area (Å²) >= 11 is 0. The fourth-order valence-electron chi connectivity index (χ4n) is 1.29. The van der Waals surface area contributed by atoms with Crippen molar-refractivity contribution in [2.45, 2.75) is 19.9 Å². The van der Waals surface area contributed by atoms with Gasteiger partial charge < -0.3 is 5.32 Å². The third-order valence-corrected chi connectivity index (χ3v) is 1.95. The van der Waals surface area contributed by atoms with Crippen LogP contribution < -0.4 is 10.9 Å². The van der Waals surface area contributed by atoms with Crippen LogP contribution in [0.2, 0.25) is 0 Å². The van der Waals surface area contributed by atoms with Crippen LogP contribution in [-0.2, 0) is 6.54 Å². The lowest BCUT2D eigenvalue weighted by Crippen LogP contribution is -2.32. The zero-order chi connectivity index (χ0) is 8.55. The molecule has 0 saturated heterocycles. The summed E-state index contributed by atoms with van der Waals surface area (Å²) in [6.07, 6.45) is 0.970. The van der Waals surface area contributed by atoms with Crippen molar-refractivity contribution >= 4 is 5.95 Å². The van der Waals surface area contributed by atoms with Gasteiger partial charge in [-0.1, -0.05) is 0 Å². The van der Waals surface area contributed by atoms with Gasteiger partial charge in [0.05, 0.1) is 0 Å².